The van der Waals surface area contributed by atoms with Gasteiger partial charge in [-0.1, -0.05) is 6.92 Å². The summed E-state index contributed by atoms with van der Waals surface area (Å²) < 4.78 is 0. The molecule has 0 atom stereocenters. The molecule has 0 radical (unpaired) electrons. The van der Waals surface area contributed by atoms with Crippen molar-refractivity contribution < 1.29 is 0 Å². The molecule has 0 aliphatic carbocycles. The van der Waals surface area contributed by atoms with Crippen LogP contribution < -0.4 is 5.73 Å². The van der Waals surface area contributed by atoms with Crippen molar-refractivity contribution in [3.05, 3.63) is 17.3 Å². The summed E-state index contributed by atoms with van der Waals surface area (Å²) in [4.78, 5) is 14.8. The second-order valence-electron chi connectivity index (χ2n) is 3.56. The maximum Gasteiger partial charge on any atom is 0.222 e. The molecule has 18 heavy (non-hydrogen) atoms. The number of nitrogens with two attached hydrogens (primary N) is 1. The molecule has 0 aromatic carbocycles. The van der Waals surface area contributed by atoms with Gasteiger partial charge in [-0.05, 0) is 24.2 Å². The Labute approximate surface area is 111 Å². The number of hydrogen-bond donors (Lipinski definition) is 2. The first kappa shape index (κ1) is 11.4. The third-order valence-corrected chi connectivity index (χ3v) is 4.43. The molecule has 3 aromatic heterocycles. The van der Waals surface area contributed by atoms with E-state index in [4.69, 9.17) is 5.73 Å². The van der Waals surface area contributed by atoms with E-state index in [1.165, 1.54) is 23.0 Å². The summed E-state index contributed by atoms with van der Waals surface area (Å²) in [5.74, 6) is 0.286. The van der Waals surface area contributed by atoms with E-state index >= 15 is 0 Å². The second-order valence-corrected chi connectivity index (χ2v) is 5.66. The van der Waals surface area contributed by atoms with Crippen LogP contribution in [0.5, 0.6) is 0 Å². The van der Waals surface area contributed by atoms with Crippen molar-refractivity contribution in [1.29, 1.82) is 0 Å². The van der Waals surface area contributed by atoms with Crippen LogP contribution in [0.4, 0.5) is 5.95 Å². The Balaban J connectivity index is 2.11. The van der Waals surface area contributed by atoms with Crippen molar-refractivity contribution in [2.75, 3.05) is 5.73 Å². The van der Waals surface area contributed by atoms with Crippen molar-refractivity contribution in [3.63, 3.8) is 0 Å². The number of hydrogen-bond acceptors (Lipinski definition) is 7. The van der Waals surface area contributed by atoms with Crippen molar-refractivity contribution in [2.24, 2.45) is 0 Å². The van der Waals surface area contributed by atoms with E-state index in [1.807, 2.05) is 0 Å². The number of rotatable bonds is 3. The molecule has 0 saturated heterocycles. The summed E-state index contributed by atoms with van der Waals surface area (Å²) in [6.45, 7) is 2.12. The number of H-pyrrole nitrogens is 1. The highest BCUT2D eigenvalue weighted by atomic mass is 32.2. The third-order valence-electron chi connectivity index (χ3n) is 2.36. The molecule has 3 aromatic rings. The van der Waals surface area contributed by atoms with Gasteiger partial charge in [0.15, 0.2) is 5.16 Å². The third kappa shape index (κ3) is 2.04. The minimum Gasteiger partial charge on any atom is -0.368 e. The minimum absolute atomic E-state index is 0.286. The van der Waals surface area contributed by atoms with E-state index in [-0.39, 0.29) is 5.95 Å². The molecule has 0 fully saturated rings. The molecular formula is C10H10N6S2. The van der Waals surface area contributed by atoms with Crippen molar-refractivity contribution in [2.45, 2.75) is 23.5 Å². The van der Waals surface area contributed by atoms with Crippen LogP contribution in [0.25, 0.3) is 10.2 Å². The van der Waals surface area contributed by atoms with Gasteiger partial charge in [-0.2, -0.15) is 5.10 Å². The molecule has 3 heterocycles. The SMILES string of the molecule is CCc1cc2c(Sc3ncn[nH]3)nc(N)nc2s1. The lowest BCUT2D eigenvalue weighted by Gasteiger charge is -2.00. The van der Waals surface area contributed by atoms with Crippen LogP contribution in [0.2, 0.25) is 0 Å². The van der Waals surface area contributed by atoms with Crippen molar-refractivity contribution in [1.82, 2.24) is 25.1 Å². The monoisotopic (exact) mass is 278 g/mol. The number of fused-ring (bicyclic) bond motifs is 1. The second kappa shape index (κ2) is 4.54. The van der Waals surface area contributed by atoms with Crippen LogP contribution in [0.15, 0.2) is 22.6 Å². The van der Waals surface area contributed by atoms with Crippen LogP contribution in [-0.4, -0.2) is 25.1 Å². The quantitative estimate of drug-likeness (QED) is 0.713. The average Bonchev–Trinajstić information content (AvgIpc) is 2.97. The molecule has 3 rings (SSSR count). The van der Waals surface area contributed by atoms with Gasteiger partial charge in [0, 0.05) is 10.3 Å². The molecule has 0 aliphatic heterocycles. The molecule has 8 heteroatoms. The van der Waals surface area contributed by atoms with E-state index in [0.29, 0.717) is 5.16 Å². The Morgan fingerprint density at radius 2 is 2.33 bits per heavy atom. The fourth-order valence-electron chi connectivity index (χ4n) is 1.55. The molecule has 0 saturated carbocycles. The van der Waals surface area contributed by atoms with Crippen LogP contribution in [-0.2, 0) is 6.42 Å². The van der Waals surface area contributed by atoms with Crippen LogP contribution in [0.1, 0.15) is 11.8 Å². The number of thiophene rings is 1. The highest BCUT2D eigenvalue weighted by Gasteiger charge is 2.12. The summed E-state index contributed by atoms with van der Waals surface area (Å²) >= 11 is 3.06. The Bertz CT molecular complexity index is 675. The standard InChI is InChI=1S/C10H10N6S2/c1-2-5-3-6-7(17-5)14-9(11)15-8(6)18-10-12-4-13-16-10/h3-4H,2H2,1H3,(H2,11,14,15)(H,12,13,16). The van der Waals surface area contributed by atoms with E-state index in [2.05, 4.69) is 38.1 Å². The molecule has 92 valence electrons. The lowest BCUT2D eigenvalue weighted by atomic mass is 10.3. The Morgan fingerprint density at radius 1 is 1.44 bits per heavy atom. The van der Waals surface area contributed by atoms with Crippen LogP contribution in [0.3, 0.4) is 0 Å². The van der Waals surface area contributed by atoms with Gasteiger partial charge in [-0.15, -0.1) is 11.3 Å². The van der Waals surface area contributed by atoms with Gasteiger partial charge in [0.05, 0.1) is 0 Å². The first-order valence-corrected chi connectivity index (χ1v) is 6.98. The van der Waals surface area contributed by atoms with Crippen molar-refractivity contribution >= 4 is 39.3 Å². The van der Waals surface area contributed by atoms with E-state index in [9.17, 15) is 0 Å². The fraction of sp³-hybridized carbons (Fsp3) is 0.200. The van der Waals surface area contributed by atoms with E-state index in [1.54, 1.807) is 11.3 Å². The largest absolute Gasteiger partial charge is 0.368 e. The number of aryl methyl sites for hydroxylation is 1. The highest BCUT2D eigenvalue weighted by molar-refractivity contribution is 7.99. The van der Waals surface area contributed by atoms with E-state index < -0.39 is 0 Å². The van der Waals surface area contributed by atoms with Gasteiger partial charge in [-0.3, -0.25) is 5.10 Å². The zero-order valence-corrected chi connectivity index (χ0v) is 11.2. The van der Waals surface area contributed by atoms with Gasteiger partial charge < -0.3 is 5.73 Å². The minimum atomic E-state index is 0.286. The van der Waals surface area contributed by atoms with Crippen LogP contribution in [0, 0.1) is 0 Å². The molecule has 0 unspecified atom stereocenters. The number of nitrogens with one attached hydrogen (secondary N) is 1. The maximum absolute atomic E-state index is 5.73. The first-order chi connectivity index (χ1) is 8.76. The lowest BCUT2D eigenvalue weighted by molar-refractivity contribution is 0.968. The summed E-state index contributed by atoms with van der Waals surface area (Å²) in [5.41, 5.74) is 5.73. The topological polar surface area (TPSA) is 93.4 Å². The summed E-state index contributed by atoms with van der Waals surface area (Å²) in [5, 5.41) is 9.13. The zero-order chi connectivity index (χ0) is 12.5. The first-order valence-electron chi connectivity index (χ1n) is 5.35. The Morgan fingerprint density at radius 3 is 3.06 bits per heavy atom. The van der Waals surface area contributed by atoms with E-state index in [0.717, 1.165) is 21.7 Å². The van der Waals surface area contributed by atoms with Crippen molar-refractivity contribution in [3.8, 4) is 0 Å². The highest BCUT2D eigenvalue weighted by Crippen LogP contribution is 2.34. The molecule has 3 N–H and O–H groups in total. The molecule has 0 bridgehead atoms. The summed E-state index contributed by atoms with van der Waals surface area (Å²) in [6, 6.07) is 2.11. The normalized spacial score (nSPS) is 11.2. The Kier molecular flexibility index (Phi) is 2.88. The lowest BCUT2D eigenvalue weighted by Crippen LogP contribution is -1.95. The van der Waals surface area contributed by atoms with Gasteiger partial charge >= 0.3 is 0 Å². The maximum atomic E-state index is 5.73. The average molecular weight is 278 g/mol. The fourth-order valence-corrected chi connectivity index (χ4v) is 3.37. The number of nitrogens with zero attached hydrogens (tertiary/aromatic N) is 4. The number of aromatic nitrogens is 5. The summed E-state index contributed by atoms with van der Waals surface area (Å²) in [7, 11) is 0. The number of nitrogen functional groups attached to an aromatic ring is 1. The molecule has 6 nitrogen and oxygen atoms in total. The Hall–Kier alpha value is -1.67. The van der Waals surface area contributed by atoms with Gasteiger partial charge in [0.1, 0.15) is 16.2 Å². The number of anilines is 1. The van der Waals surface area contributed by atoms with Gasteiger partial charge in [0.2, 0.25) is 5.95 Å². The molecule has 0 amide bonds. The van der Waals surface area contributed by atoms with Gasteiger partial charge in [0.25, 0.3) is 0 Å². The zero-order valence-electron chi connectivity index (χ0n) is 9.54. The molecule has 0 spiro atoms. The predicted octanol–water partition coefficient (Wildman–Crippen LogP) is 2.11. The molecule has 0 aliphatic rings. The van der Waals surface area contributed by atoms with Crippen LogP contribution >= 0.6 is 23.1 Å². The predicted molar refractivity (Wildman–Crippen MR) is 71.7 cm³/mol. The molecular weight excluding hydrogens is 268 g/mol. The summed E-state index contributed by atoms with van der Waals surface area (Å²) in [6.07, 6.45) is 2.45. The number of aromatic amines is 1. The van der Waals surface area contributed by atoms with Gasteiger partial charge in [-0.25, -0.2) is 15.0 Å². The smallest absolute Gasteiger partial charge is 0.222 e.